The first kappa shape index (κ1) is 14.9. The molecule has 0 aliphatic carbocycles. The number of alkyl halides is 3. The van der Waals surface area contributed by atoms with Crippen molar-refractivity contribution < 1.29 is 22.8 Å². The Kier molecular flexibility index (Phi) is 3.65. The molecule has 0 unspecified atom stereocenters. The number of fused-ring (bicyclic) bond motifs is 1. The van der Waals surface area contributed by atoms with Crippen LogP contribution < -0.4 is 10.3 Å². The summed E-state index contributed by atoms with van der Waals surface area (Å²) in [5, 5.41) is 0. The second-order valence-electron chi connectivity index (χ2n) is 4.64. The molecule has 1 N–H and O–H groups in total. The maximum absolute atomic E-state index is 12.8. The number of aromatic nitrogens is 2. The Morgan fingerprint density at radius 1 is 1.17 bits per heavy atom. The maximum Gasteiger partial charge on any atom is 0.420 e. The zero-order chi connectivity index (χ0) is 16.4. The van der Waals surface area contributed by atoms with Gasteiger partial charge in [0.1, 0.15) is 11.2 Å². The molecule has 0 bridgehead atoms. The zero-order valence-corrected chi connectivity index (χ0v) is 11.5. The summed E-state index contributed by atoms with van der Waals surface area (Å²) in [7, 11) is 0. The number of nitrogens with one attached hydrogen (secondary N) is 1. The molecule has 8 heteroatoms. The molecular weight excluding hydrogens is 311 g/mol. The second kappa shape index (κ2) is 5.64. The highest BCUT2D eigenvalue weighted by molar-refractivity contribution is 5.94. The number of hydroxylamine groups is 1. The Morgan fingerprint density at radius 2 is 1.96 bits per heavy atom. The minimum atomic E-state index is -4.57. The van der Waals surface area contributed by atoms with E-state index < -0.39 is 23.4 Å². The Bertz CT molecular complexity index is 858. The highest BCUT2D eigenvalue weighted by Crippen LogP contribution is 2.35. The number of imidazole rings is 1. The SMILES string of the molecule is O=C(NOc1ccccc1C(F)(F)F)c1ccn2ccnc2c1. The van der Waals surface area contributed by atoms with E-state index in [1.165, 1.54) is 24.3 Å². The molecule has 0 radical (unpaired) electrons. The van der Waals surface area contributed by atoms with Gasteiger partial charge in [0.15, 0.2) is 5.75 Å². The van der Waals surface area contributed by atoms with E-state index in [-0.39, 0.29) is 5.56 Å². The number of benzene rings is 1. The van der Waals surface area contributed by atoms with Crippen LogP contribution in [0.15, 0.2) is 55.0 Å². The van der Waals surface area contributed by atoms with Crippen molar-refractivity contribution in [1.82, 2.24) is 14.9 Å². The molecular formula is C15H10F3N3O2. The molecule has 0 saturated carbocycles. The number of nitrogens with zero attached hydrogens (tertiary/aromatic N) is 2. The van der Waals surface area contributed by atoms with Crippen molar-refractivity contribution >= 4 is 11.6 Å². The van der Waals surface area contributed by atoms with Crippen LogP contribution in [0.2, 0.25) is 0 Å². The molecule has 0 aliphatic rings. The number of halogens is 3. The van der Waals surface area contributed by atoms with Gasteiger partial charge in [-0.05, 0) is 24.3 Å². The average Bonchev–Trinajstić information content (AvgIpc) is 2.99. The summed E-state index contributed by atoms with van der Waals surface area (Å²) in [6, 6.07) is 7.62. The Labute approximate surface area is 128 Å². The summed E-state index contributed by atoms with van der Waals surface area (Å²) in [6.07, 6.45) is 0.303. The first-order chi connectivity index (χ1) is 10.9. The number of hydrogen-bond donors (Lipinski definition) is 1. The predicted octanol–water partition coefficient (Wildman–Crippen LogP) is 3.08. The standard InChI is InChI=1S/C15H10F3N3O2/c16-15(17,18)11-3-1-2-4-12(11)23-20-14(22)10-5-7-21-8-6-19-13(21)9-10/h1-9H,(H,20,22). The van der Waals surface area contributed by atoms with Crippen LogP contribution in [0.25, 0.3) is 5.65 Å². The van der Waals surface area contributed by atoms with Crippen LogP contribution in [0.3, 0.4) is 0 Å². The van der Waals surface area contributed by atoms with Crippen molar-refractivity contribution in [3.63, 3.8) is 0 Å². The summed E-state index contributed by atoms with van der Waals surface area (Å²) in [6.45, 7) is 0. The van der Waals surface area contributed by atoms with Crippen LogP contribution in [0.1, 0.15) is 15.9 Å². The third-order valence-corrected chi connectivity index (χ3v) is 3.11. The van der Waals surface area contributed by atoms with E-state index >= 15 is 0 Å². The van der Waals surface area contributed by atoms with E-state index in [1.807, 2.05) is 5.48 Å². The van der Waals surface area contributed by atoms with E-state index in [4.69, 9.17) is 4.84 Å². The smallest absolute Gasteiger partial charge is 0.379 e. The highest BCUT2D eigenvalue weighted by atomic mass is 19.4. The Morgan fingerprint density at radius 3 is 2.74 bits per heavy atom. The third kappa shape index (κ3) is 3.10. The van der Waals surface area contributed by atoms with E-state index in [2.05, 4.69) is 4.98 Å². The van der Waals surface area contributed by atoms with Gasteiger partial charge in [-0.1, -0.05) is 12.1 Å². The molecule has 1 aromatic carbocycles. The van der Waals surface area contributed by atoms with Crippen LogP contribution in [-0.4, -0.2) is 15.3 Å². The lowest BCUT2D eigenvalue weighted by molar-refractivity contribution is -0.139. The van der Waals surface area contributed by atoms with Gasteiger partial charge in [-0.25, -0.2) is 4.98 Å². The van der Waals surface area contributed by atoms with E-state index in [1.54, 1.807) is 23.0 Å². The van der Waals surface area contributed by atoms with E-state index in [9.17, 15) is 18.0 Å². The van der Waals surface area contributed by atoms with Crippen molar-refractivity contribution in [2.75, 3.05) is 0 Å². The van der Waals surface area contributed by atoms with Crippen LogP contribution in [0.4, 0.5) is 13.2 Å². The lowest BCUT2D eigenvalue weighted by Gasteiger charge is -2.13. The lowest BCUT2D eigenvalue weighted by Crippen LogP contribution is -2.28. The molecule has 118 valence electrons. The molecule has 0 aliphatic heterocycles. The van der Waals surface area contributed by atoms with Crippen molar-refractivity contribution in [2.45, 2.75) is 6.18 Å². The highest BCUT2D eigenvalue weighted by Gasteiger charge is 2.34. The van der Waals surface area contributed by atoms with E-state index in [0.29, 0.717) is 5.65 Å². The number of carbonyl (C=O) groups excluding carboxylic acids is 1. The van der Waals surface area contributed by atoms with Crippen molar-refractivity contribution in [3.05, 3.63) is 66.1 Å². The molecule has 0 atom stereocenters. The fraction of sp³-hybridized carbons (Fsp3) is 0.0667. The molecule has 2 aromatic heterocycles. The number of hydrogen-bond acceptors (Lipinski definition) is 3. The molecule has 0 fully saturated rings. The molecule has 3 aromatic rings. The van der Waals surface area contributed by atoms with Gasteiger partial charge >= 0.3 is 6.18 Å². The topological polar surface area (TPSA) is 55.6 Å². The van der Waals surface area contributed by atoms with Gasteiger partial charge in [0.05, 0.1) is 0 Å². The van der Waals surface area contributed by atoms with Gasteiger partial charge in [0.2, 0.25) is 0 Å². The van der Waals surface area contributed by atoms with Gasteiger partial charge in [0, 0.05) is 24.2 Å². The summed E-state index contributed by atoms with van der Waals surface area (Å²) >= 11 is 0. The van der Waals surface area contributed by atoms with Crippen LogP contribution >= 0.6 is 0 Å². The zero-order valence-electron chi connectivity index (χ0n) is 11.5. The largest absolute Gasteiger partial charge is 0.420 e. The number of carbonyl (C=O) groups is 1. The lowest BCUT2D eigenvalue weighted by atomic mass is 10.2. The molecule has 1 amide bonds. The van der Waals surface area contributed by atoms with Crippen LogP contribution in [0, 0.1) is 0 Å². The fourth-order valence-electron chi connectivity index (χ4n) is 2.00. The van der Waals surface area contributed by atoms with E-state index in [0.717, 1.165) is 12.1 Å². The molecule has 0 spiro atoms. The Hall–Kier alpha value is -3.03. The van der Waals surface area contributed by atoms with Gasteiger partial charge < -0.3 is 9.24 Å². The van der Waals surface area contributed by atoms with Crippen molar-refractivity contribution in [2.24, 2.45) is 0 Å². The average molecular weight is 321 g/mol. The molecule has 2 heterocycles. The second-order valence-corrected chi connectivity index (χ2v) is 4.64. The normalized spacial score (nSPS) is 11.4. The first-order valence-electron chi connectivity index (χ1n) is 6.51. The number of pyridine rings is 1. The summed E-state index contributed by atoms with van der Waals surface area (Å²) in [5.74, 6) is -1.15. The minimum absolute atomic E-state index is 0.216. The minimum Gasteiger partial charge on any atom is -0.379 e. The summed E-state index contributed by atoms with van der Waals surface area (Å²) in [4.78, 5) is 20.8. The first-order valence-corrected chi connectivity index (χ1v) is 6.51. The summed E-state index contributed by atoms with van der Waals surface area (Å²) < 4.78 is 40.2. The maximum atomic E-state index is 12.8. The van der Waals surface area contributed by atoms with Gasteiger partial charge in [0.25, 0.3) is 5.91 Å². The predicted molar refractivity (Wildman–Crippen MR) is 74.7 cm³/mol. The molecule has 23 heavy (non-hydrogen) atoms. The molecule has 0 saturated heterocycles. The van der Waals surface area contributed by atoms with Crippen molar-refractivity contribution in [3.8, 4) is 5.75 Å². The van der Waals surface area contributed by atoms with Crippen molar-refractivity contribution in [1.29, 1.82) is 0 Å². The molecule has 3 rings (SSSR count). The number of rotatable bonds is 3. The number of para-hydroxylation sites is 1. The summed E-state index contributed by atoms with van der Waals surface area (Å²) in [5.41, 5.74) is 1.79. The van der Waals surface area contributed by atoms with Gasteiger partial charge in [-0.15, -0.1) is 0 Å². The monoisotopic (exact) mass is 321 g/mol. The third-order valence-electron chi connectivity index (χ3n) is 3.11. The van der Waals surface area contributed by atoms with Crippen LogP contribution in [-0.2, 0) is 6.18 Å². The molecule has 5 nitrogen and oxygen atoms in total. The quantitative estimate of drug-likeness (QED) is 0.754. The van der Waals surface area contributed by atoms with Crippen LogP contribution in [0.5, 0.6) is 5.75 Å². The van der Waals surface area contributed by atoms with Gasteiger partial charge in [-0.2, -0.15) is 18.7 Å². The van der Waals surface area contributed by atoms with Gasteiger partial charge in [-0.3, -0.25) is 4.79 Å². The Balaban J connectivity index is 1.77. The number of amides is 1. The fourth-order valence-corrected chi connectivity index (χ4v) is 2.00.